The van der Waals surface area contributed by atoms with Crippen LogP contribution in [-0.2, 0) is 13.8 Å². The molecule has 1 fully saturated rings. The summed E-state index contributed by atoms with van der Waals surface area (Å²) in [6, 6.07) is 0. The zero-order valence-electron chi connectivity index (χ0n) is 21.8. The van der Waals surface area contributed by atoms with Crippen LogP contribution in [0, 0.1) is 11.8 Å². The highest BCUT2D eigenvalue weighted by molar-refractivity contribution is 7.99. The van der Waals surface area contributed by atoms with Gasteiger partial charge in [0, 0.05) is 11.2 Å². The van der Waals surface area contributed by atoms with Crippen molar-refractivity contribution in [1.29, 1.82) is 0 Å². The molecule has 1 saturated carbocycles. The van der Waals surface area contributed by atoms with E-state index in [-0.39, 0.29) is 12.7 Å². The predicted molar refractivity (Wildman–Crippen MR) is 144 cm³/mol. The molecule has 0 aliphatic heterocycles. The summed E-state index contributed by atoms with van der Waals surface area (Å²) in [6.45, 7) is 5.32. The molecule has 1 aliphatic rings. The number of hydrogen-bond donors (Lipinski definition) is 1. The molecule has 0 radical (unpaired) electrons. The van der Waals surface area contributed by atoms with Crippen molar-refractivity contribution in [2.45, 2.75) is 136 Å². The Morgan fingerprint density at radius 2 is 1.52 bits per heavy atom. The van der Waals surface area contributed by atoms with Gasteiger partial charge >= 0.3 is 8.25 Å². The van der Waals surface area contributed by atoms with E-state index in [0.29, 0.717) is 13.0 Å². The molecular formula is C27H54O4PS+. The molecule has 0 aromatic carbocycles. The zero-order valence-corrected chi connectivity index (χ0v) is 23.5. The van der Waals surface area contributed by atoms with E-state index in [0.717, 1.165) is 18.3 Å². The van der Waals surface area contributed by atoms with Gasteiger partial charge in [0.2, 0.25) is 0 Å². The van der Waals surface area contributed by atoms with Crippen LogP contribution >= 0.6 is 20.0 Å². The molecule has 1 N–H and O–H groups in total. The Balaban J connectivity index is 1.89. The highest BCUT2D eigenvalue weighted by atomic mass is 32.2. The van der Waals surface area contributed by atoms with E-state index in [1.165, 1.54) is 114 Å². The van der Waals surface area contributed by atoms with Crippen LogP contribution < -0.4 is 0 Å². The third-order valence-electron chi connectivity index (χ3n) is 7.17. The molecule has 0 aromatic heterocycles. The van der Waals surface area contributed by atoms with Gasteiger partial charge in [-0.1, -0.05) is 96.8 Å². The lowest BCUT2D eigenvalue weighted by Gasteiger charge is -2.23. The molecule has 196 valence electrons. The second-order valence-electron chi connectivity index (χ2n) is 10.1. The predicted octanol–water partition coefficient (Wildman–Crippen LogP) is 9.08. The zero-order chi connectivity index (χ0) is 24.0. The molecular weight excluding hydrogens is 451 g/mol. The molecule has 0 aromatic rings. The third-order valence-corrected chi connectivity index (χ3v) is 8.68. The number of thioether (sulfide) groups is 1. The van der Waals surface area contributed by atoms with E-state index < -0.39 is 8.25 Å². The van der Waals surface area contributed by atoms with Gasteiger partial charge in [-0.25, -0.2) is 0 Å². The summed E-state index contributed by atoms with van der Waals surface area (Å²) < 4.78 is 20.8. The first-order valence-corrected chi connectivity index (χ1v) is 16.4. The van der Waals surface area contributed by atoms with Gasteiger partial charge < -0.3 is 4.74 Å². The molecule has 0 bridgehead atoms. The smallest absolute Gasteiger partial charge is 0.378 e. The van der Waals surface area contributed by atoms with Gasteiger partial charge in [-0.3, -0.25) is 0 Å². The molecule has 6 heteroatoms. The van der Waals surface area contributed by atoms with Gasteiger partial charge in [0.25, 0.3) is 0 Å². The maximum atomic E-state index is 10.4. The quantitative estimate of drug-likeness (QED) is 0.105. The molecule has 0 saturated heterocycles. The fourth-order valence-corrected chi connectivity index (χ4v) is 6.49. The summed E-state index contributed by atoms with van der Waals surface area (Å²) in [5.74, 6) is 4.81. The van der Waals surface area contributed by atoms with Gasteiger partial charge in [0.05, 0.1) is 6.10 Å². The Hall–Kier alpha value is 0.330. The summed E-state index contributed by atoms with van der Waals surface area (Å²) in [7, 11) is -2.47. The topological polar surface area (TPSA) is 55.8 Å². The second-order valence-corrected chi connectivity index (χ2v) is 12.0. The molecule has 0 amide bonds. The maximum Gasteiger partial charge on any atom is 0.694 e. The molecule has 0 heterocycles. The van der Waals surface area contributed by atoms with Gasteiger partial charge in [0.1, 0.15) is 6.61 Å². The van der Waals surface area contributed by atoms with Crippen molar-refractivity contribution >= 4 is 20.0 Å². The Bertz CT molecular complexity index is 446. The SMILES string of the molecule is CCCCCCC(CCSCCCCCCCCC(C)OCCCO[P+](=O)O)C1CCCC1. The lowest BCUT2D eigenvalue weighted by Crippen LogP contribution is -2.13. The summed E-state index contributed by atoms with van der Waals surface area (Å²) in [4.78, 5) is 8.56. The van der Waals surface area contributed by atoms with E-state index in [9.17, 15) is 4.57 Å². The minimum atomic E-state index is -2.47. The lowest BCUT2D eigenvalue weighted by molar-refractivity contribution is 0.0505. The molecule has 3 atom stereocenters. The fraction of sp³-hybridized carbons (Fsp3) is 1.00. The van der Waals surface area contributed by atoms with Crippen molar-refractivity contribution < 1.29 is 18.7 Å². The summed E-state index contributed by atoms with van der Waals surface area (Å²) >= 11 is 2.21. The Kier molecular flexibility index (Phi) is 21.6. The minimum Gasteiger partial charge on any atom is -0.378 e. The van der Waals surface area contributed by atoms with Crippen molar-refractivity contribution in [2.75, 3.05) is 24.7 Å². The molecule has 3 unspecified atom stereocenters. The Morgan fingerprint density at radius 1 is 0.848 bits per heavy atom. The van der Waals surface area contributed by atoms with Crippen molar-refractivity contribution in [3.8, 4) is 0 Å². The standard InChI is InChI=1S/C27H53O4PS/c1-3-4-5-11-17-27(26-18-12-13-19-26)20-24-33-23-14-9-7-6-8-10-16-25(2)30-21-15-22-31-32(28)29/h25-27H,3-24H2,1-2H3/p+1. The average Bonchev–Trinajstić information content (AvgIpc) is 3.33. The van der Waals surface area contributed by atoms with Crippen LogP contribution in [0.3, 0.4) is 0 Å². The van der Waals surface area contributed by atoms with Crippen molar-refractivity contribution in [2.24, 2.45) is 11.8 Å². The van der Waals surface area contributed by atoms with E-state index in [2.05, 4.69) is 30.1 Å². The van der Waals surface area contributed by atoms with E-state index >= 15 is 0 Å². The van der Waals surface area contributed by atoms with Crippen LogP contribution in [0.25, 0.3) is 0 Å². The minimum absolute atomic E-state index is 0.268. The van der Waals surface area contributed by atoms with E-state index in [1.54, 1.807) is 0 Å². The van der Waals surface area contributed by atoms with Crippen LogP contribution in [0.15, 0.2) is 0 Å². The third kappa shape index (κ3) is 19.2. The van der Waals surface area contributed by atoms with Crippen molar-refractivity contribution in [1.82, 2.24) is 0 Å². The molecule has 1 aliphatic carbocycles. The van der Waals surface area contributed by atoms with Gasteiger partial charge in [0.15, 0.2) is 0 Å². The van der Waals surface area contributed by atoms with E-state index in [1.807, 2.05) is 0 Å². The van der Waals surface area contributed by atoms with Crippen LogP contribution in [0.1, 0.15) is 129 Å². The van der Waals surface area contributed by atoms with Gasteiger partial charge in [-0.2, -0.15) is 11.8 Å². The highest BCUT2D eigenvalue weighted by Crippen LogP contribution is 2.36. The molecule has 1 rings (SSSR count). The van der Waals surface area contributed by atoms with Crippen LogP contribution in [0.4, 0.5) is 0 Å². The summed E-state index contributed by atoms with van der Waals surface area (Å²) in [6.07, 6.45) is 24.7. The van der Waals surface area contributed by atoms with E-state index in [4.69, 9.17) is 9.63 Å². The summed E-state index contributed by atoms with van der Waals surface area (Å²) in [5.41, 5.74) is 0. The highest BCUT2D eigenvalue weighted by Gasteiger charge is 2.24. The molecule has 4 nitrogen and oxygen atoms in total. The fourth-order valence-electron chi connectivity index (χ4n) is 5.13. The first kappa shape index (κ1) is 31.4. The Morgan fingerprint density at radius 3 is 2.24 bits per heavy atom. The van der Waals surface area contributed by atoms with Crippen LogP contribution in [0.5, 0.6) is 0 Å². The lowest BCUT2D eigenvalue weighted by atomic mass is 9.84. The second kappa shape index (κ2) is 22.8. The van der Waals surface area contributed by atoms with Crippen LogP contribution in [-0.4, -0.2) is 35.7 Å². The molecule has 0 spiro atoms. The number of hydrogen-bond acceptors (Lipinski definition) is 4. The first-order chi connectivity index (χ1) is 16.1. The largest absolute Gasteiger partial charge is 0.694 e. The van der Waals surface area contributed by atoms with Crippen LogP contribution in [0.2, 0.25) is 0 Å². The van der Waals surface area contributed by atoms with Gasteiger partial charge in [-0.05, 0) is 55.9 Å². The Labute approximate surface area is 210 Å². The first-order valence-electron chi connectivity index (χ1n) is 14.1. The van der Waals surface area contributed by atoms with Crippen molar-refractivity contribution in [3.05, 3.63) is 0 Å². The number of ether oxygens (including phenoxy) is 1. The number of unbranched alkanes of at least 4 members (excludes halogenated alkanes) is 8. The van der Waals surface area contributed by atoms with Gasteiger partial charge in [-0.15, -0.1) is 9.42 Å². The maximum absolute atomic E-state index is 10.4. The normalized spacial score (nSPS) is 16.9. The molecule has 33 heavy (non-hydrogen) atoms. The average molecular weight is 506 g/mol. The van der Waals surface area contributed by atoms with Crippen molar-refractivity contribution in [3.63, 3.8) is 0 Å². The monoisotopic (exact) mass is 505 g/mol. The summed E-state index contributed by atoms with van der Waals surface area (Å²) in [5, 5.41) is 0. The number of rotatable bonds is 24.